The predicted octanol–water partition coefficient (Wildman–Crippen LogP) is 2.99. The average Bonchev–Trinajstić information content (AvgIpc) is 2.28. The molecule has 0 aliphatic rings. The molecule has 0 aromatic heterocycles. The SMILES string of the molecule is Cc1ccc(C)c([P]c2cc(C)ccc2C)c1.O. The quantitative estimate of drug-likeness (QED) is 0.743. The molecule has 0 atom stereocenters. The standard InChI is InChI=1S/C16H18P.H2O/c1-11-5-7-13(3)15(9-11)17-16-10-12(2)6-8-14(16)4;/h5-10H,1-4H3;1H2. The molecule has 0 saturated heterocycles. The van der Waals surface area contributed by atoms with Gasteiger partial charge in [0.05, 0.1) is 0 Å². The van der Waals surface area contributed by atoms with Gasteiger partial charge in [-0.05, 0) is 58.0 Å². The first-order chi connectivity index (χ1) is 8.06. The first-order valence-electron chi connectivity index (χ1n) is 5.92. The van der Waals surface area contributed by atoms with Crippen molar-refractivity contribution in [3.8, 4) is 0 Å². The lowest BCUT2D eigenvalue weighted by atomic mass is 10.2. The Balaban J connectivity index is 0.00000162. The van der Waals surface area contributed by atoms with E-state index >= 15 is 0 Å². The molecule has 1 radical (unpaired) electrons. The molecule has 18 heavy (non-hydrogen) atoms. The molecule has 2 N–H and O–H groups in total. The molecule has 0 fully saturated rings. The van der Waals surface area contributed by atoms with E-state index in [1.807, 2.05) is 0 Å². The van der Waals surface area contributed by atoms with E-state index < -0.39 is 0 Å². The van der Waals surface area contributed by atoms with Gasteiger partial charge in [0.2, 0.25) is 0 Å². The molecule has 0 amide bonds. The molecule has 0 heterocycles. The second-order valence-electron chi connectivity index (χ2n) is 4.69. The monoisotopic (exact) mass is 259 g/mol. The number of benzene rings is 2. The van der Waals surface area contributed by atoms with E-state index in [1.54, 1.807) is 0 Å². The zero-order valence-corrected chi connectivity index (χ0v) is 12.3. The van der Waals surface area contributed by atoms with Crippen LogP contribution in [0.15, 0.2) is 36.4 Å². The molecule has 1 nitrogen and oxygen atoms in total. The molecule has 95 valence electrons. The van der Waals surface area contributed by atoms with Crippen LogP contribution < -0.4 is 10.6 Å². The highest BCUT2D eigenvalue weighted by molar-refractivity contribution is 7.55. The van der Waals surface area contributed by atoms with E-state index in [-0.39, 0.29) is 5.48 Å². The van der Waals surface area contributed by atoms with Gasteiger partial charge in [0.15, 0.2) is 0 Å². The Bertz CT molecular complexity index is 497. The zero-order chi connectivity index (χ0) is 12.4. The van der Waals surface area contributed by atoms with Crippen LogP contribution in [0.5, 0.6) is 0 Å². The summed E-state index contributed by atoms with van der Waals surface area (Å²) < 4.78 is 0. The second-order valence-corrected chi connectivity index (χ2v) is 5.88. The molecule has 0 aliphatic carbocycles. The maximum atomic E-state index is 2.29. The number of hydrogen-bond donors (Lipinski definition) is 0. The summed E-state index contributed by atoms with van der Waals surface area (Å²) in [4.78, 5) is 0. The summed E-state index contributed by atoms with van der Waals surface area (Å²) in [6.07, 6.45) is 0. The first-order valence-corrected chi connectivity index (χ1v) is 6.82. The van der Waals surface area contributed by atoms with Crippen molar-refractivity contribution in [2.24, 2.45) is 0 Å². The van der Waals surface area contributed by atoms with Crippen molar-refractivity contribution in [3.05, 3.63) is 58.7 Å². The maximum Gasteiger partial charge on any atom is -0.00945 e. The summed E-state index contributed by atoms with van der Waals surface area (Å²) in [5.41, 5.74) is 5.42. The van der Waals surface area contributed by atoms with Gasteiger partial charge >= 0.3 is 0 Å². The third kappa shape index (κ3) is 3.41. The molecule has 0 bridgehead atoms. The van der Waals surface area contributed by atoms with E-state index in [9.17, 15) is 0 Å². The minimum Gasteiger partial charge on any atom is -0.412 e. The lowest BCUT2D eigenvalue weighted by Crippen LogP contribution is -2.10. The first kappa shape index (κ1) is 14.9. The van der Waals surface area contributed by atoms with Crippen LogP contribution in [-0.2, 0) is 0 Å². The Morgan fingerprint density at radius 3 is 1.44 bits per heavy atom. The van der Waals surface area contributed by atoms with Crippen molar-refractivity contribution in [2.75, 3.05) is 0 Å². The Morgan fingerprint density at radius 2 is 1.06 bits per heavy atom. The summed E-state index contributed by atoms with van der Waals surface area (Å²) >= 11 is 0. The summed E-state index contributed by atoms with van der Waals surface area (Å²) in [5, 5.41) is 2.83. The molecule has 0 saturated carbocycles. The van der Waals surface area contributed by atoms with E-state index in [2.05, 4.69) is 64.1 Å². The summed E-state index contributed by atoms with van der Waals surface area (Å²) in [7, 11) is 1.32. The van der Waals surface area contributed by atoms with Crippen LogP contribution in [0.25, 0.3) is 0 Å². The van der Waals surface area contributed by atoms with Crippen LogP contribution in [0.1, 0.15) is 22.3 Å². The van der Waals surface area contributed by atoms with Gasteiger partial charge in [0, 0.05) is 0 Å². The normalized spacial score (nSPS) is 10.0. The van der Waals surface area contributed by atoms with Crippen molar-refractivity contribution in [1.29, 1.82) is 0 Å². The van der Waals surface area contributed by atoms with E-state index in [0.717, 1.165) is 0 Å². The predicted molar refractivity (Wildman–Crippen MR) is 81.6 cm³/mol. The second kappa shape index (κ2) is 6.13. The van der Waals surface area contributed by atoms with Gasteiger partial charge in [-0.1, -0.05) is 47.5 Å². The van der Waals surface area contributed by atoms with E-state index in [0.29, 0.717) is 0 Å². The number of aryl methyl sites for hydroxylation is 4. The van der Waals surface area contributed by atoms with Gasteiger partial charge in [-0.2, -0.15) is 0 Å². The molecule has 0 unspecified atom stereocenters. The minimum absolute atomic E-state index is 0. The van der Waals surface area contributed by atoms with Crippen molar-refractivity contribution in [3.63, 3.8) is 0 Å². The molecule has 0 spiro atoms. The number of rotatable bonds is 2. The fourth-order valence-corrected chi connectivity index (χ4v) is 3.11. The summed E-state index contributed by atoms with van der Waals surface area (Å²) in [6, 6.07) is 13.4. The Labute approximate surface area is 111 Å². The molecule has 2 aromatic carbocycles. The average molecular weight is 259 g/mol. The topological polar surface area (TPSA) is 31.5 Å². The van der Waals surface area contributed by atoms with Gasteiger partial charge in [-0.3, -0.25) is 0 Å². The Hall–Kier alpha value is -1.17. The fraction of sp³-hybridized carbons (Fsp3) is 0.250. The van der Waals surface area contributed by atoms with Crippen LogP contribution in [0.2, 0.25) is 0 Å². The number of hydrogen-bond acceptors (Lipinski definition) is 0. The van der Waals surface area contributed by atoms with Gasteiger partial charge in [-0.15, -0.1) is 0 Å². The fourth-order valence-electron chi connectivity index (χ4n) is 1.81. The summed E-state index contributed by atoms with van der Waals surface area (Å²) in [6.45, 7) is 8.68. The molecule has 2 aromatic rings. The molecular weight excluding hydrogens is 239 g/mol. The van der Waals surface area contributed by atoms with Gasteiger partial charge in [0.25, 0.3) is 0 Å². The molecular formula is C16H20OP. The van der Waals surface area contributed by atoms with Crippen molar-refractivity contribution in [1.82, 2.24) is 0 Å². The van der Waals surface area contributed by atoms with Crippen LogP contribution in [0.4, 0.5) is 0 Å². The molecule has 2 rings (SSSR count). The van der Waals surface area contributed by atoms with Crippen LogP contribution in [-0.4, -0.2) is 5.48 Å². The summed E-state index contributed by atoms with van der Waals surface area (Å²) in [5.74, 6) is 0. The van der Waals surface area contributed by atoms with Gasteiger partial charge < -0.3 is 5.48 Å². The Kier molecular flexibility index (Phi) is 5.07. The third-order valence-corrected chi connectivity index (χ3v) is 4.42. The maximum absolute atomic E-state index is 2.29. The van der Waals surface area contributed by atoms with Crippen molar-refractivity contribution in [2.45, 2.75) is 27.7 Å². The van der Waals surface area contributed by atoms with Crippen molar-refractivity contribution < 1.29 is 5.48 Å². The van der Waals surface area contributed by atoms with E-state index in [4.69, 9.17) is 0 Å². The van der Waals surface area contributed by atoms with E-state index in [1.165, 1.54) is 41.4 Å². The lowest BCUT2D eigenvalue weighted by molar-refractivity contribution is 0.824. The highest BCUT2D eigenvalue weighted by atomic mass is 31.1. The van der Waals surface area contributed by atoms with Crippen LogP contribution in [0.3, 0.4) is 0 Å². The molecule has 2 heteroatoms. The zero-order valence-electron chi connectivity index (χ0n) is 11.4. The van der Waals surface area contributed by atoms with Gasteiger partial charge in [0.1, 0.15) is 0 Å². The smallest absolute Gasteiger partial charge is 0.00945 e. The van der Waals surface area contributed by atoms with Crippen LogP contribution in [0, 0.1) is 27.7 Å². The highest BCUT2D eigenvalue weighted by Crippen LogP contribution is 2.17. The third-order valence-electron chi connectivity index (χ3n) is 2.97. The highest BCUT2D eigenvalue weighted by Gasteiger charge is 2.04. The van der Waals surface area contributed by atoms with Crippen LogP contribution >= 0.6 is 8.58 Å². The Morgan fingerprint density at radius 1 is 0.667 bits per heavy atom. The molecule has 0 aliphatic heterocycles. The van der Waals surface area contributed by atoms with Gasteiger partial charge in [-0.25, -0.2) is 0 Å². The largest absolute Gasteiger partial charge is 0.412 e. The minimum atomic E-state index is 0. The lowest BCUT2D eigenvalue weighted by Gasteiger charge is -2.09. The van der Waals surface area contributed by atoms with Crippen molar-refractivity contribution >= 4 is 19.2 Å².